The lowest BCUT2D eigenvalue weighted by atomic mass is 10.2. The van der Waals surface area contributed by atoms with Gasteiger partial charge in [0, 0.05) is 28.2 Å². The summed E-state index contributed by atoms with van der Waals surface area (Å²) in [4.78, 5) is 9.13. The predicted octanol–water partition coefficient (Wildman–Crippen LogP) is 6.05. The predicted molar refractivity (Wildman–Crippen MR) is 116 cm³/mol. The molecule has 2 aromatic heterocycles. The van der Waals surface area contributed by atoms with Crippen LogP contribution in [0.4, 0.5) is 14.5 Å². The van der Waals surface area contributed by atoms with Crippen LogP contribution in [0, 0.1) is 11.6 Å². The topological polar surface area (TPSA) is 42.5 Å². The van der Waals surface area contributed by atoms with Crippen LogP contribution in [0.3, 0.4) is 0 Å². The Balaban J connectivity index is 1.91. The Labute approximate surface area is 180 Å². The molecule has 0 aliphatic carbocycles. The maximum Gasteiger partial charge on any atom is 0.211 e. The Bertz CT molecular complexity index is 1280. The first-order chi connectivity index (χ1) is 14.5. The Morgan fingerprint density at radius 2 is 1.87 bits per heavy atom. The summed E-state index contributed by atoms with van der Waals surface area (Å²) in [6.07, 6.45) is 1.69. The van der Waals surface area contributed by atoms with E-state index in [4.69, 9.17) is 11.6 Å². The fourth-order valence-electron chi connectivity index (χ4n) is 2.75. The normalized spacial score (nSPS) is 12.4. The van der Waals surface area contributed by atoms with Crippen molar-refractivity contribution < 1.29 is 8.78 Å². The summed E-state index contributed by atoms with van der Waals surface area (Å²) < 4.78 is 29.1. The molecule has 0 unspecified atom stereocenters. The van der Waals surface area contributed by atoms with Crippen molar-refractivity contribution in [1.29, 1.82) is 0 Å². The van der Waals surface area contributed by atoms with Gasteiger partial charge >= 0.3 is 0 Å². The molecule has 0 saturated heterocycles. The highest BCUT2D eigenvalue weighted by atomic mass is 35.5. The Morgan fingerprint density at radius 1 is 1.07 bits per heavy atom. The van der Waals surface area contributed by atoms with Gasteiger partial charge in [0.25, 0.3) is 0 Å². The van der Waals surface area contributed by atoms with Gasteiger partial charge in [-0.15, -0.1) is 11.3 Å². The van der Waals surface area contributed by atoms with E-state index in [-0.39, 0.29) is 5.69 Å². The van der Waals surface area contributed by atoms with E-state index in [2.05, 4.69) is 15.1 Å². The summed E-state index contributed by atoms with van der Waals surface area (Å²) in [7, 11) is 0. The zero-order chi connectivity index (χ0) is 21.1. The second kappa shape index (κ2) is 8.69. The summed E-state index contributed by atoms with van der Waals surface area (Å²) in [6, 6.07) is 16.1. The van der Waals surface area contributed by atoms with Gasteiger partial charge in [-0.25, -0.2) is 18.4 Å². The molecule has 2 heterocycles. The minimum absolute atomic E-state index is 0.0281. The van der Waals surface area contributed by atoms with Gasteiger partial charge in [0.15, 0.2) is 5.82 Å². The Hall–Kier alpha value is -3.16. The van der Waals surface area contributed by atoms with Crippen LogP contribution in [0.2, 0.25) is 5.02 Å². The molecule has 30 heavy (non-hydrogen) atoms. The van der Waals surface area contributed by atoms with Crippen molar-refractivity contribution in [2.24, 2.45) is 10.1 Å². The first-order valence-electron chi connectivity index (χ1n) is 8.94. The summed E-state index contributed by atoms with van der Waals surface area (Å²) in [6.45, 7) is 1.83. The van der Waals surface area contributed by atoms with Crippen LogP contribution < -0.4 is 4.80 Å². The minimum atomic E-state index is -0.742. The number of pyridine rings is 1. The number of hydrogen-bond donors (Lipinski definition) is 0. The summed E-state index contributed by atoms with van der Waals surface area (Å²) in [5, 5.41) is 7.18. The van der Waals surface area contributed by atoms with E-state index in [9.17, 15) is 8.78 Å². The van der Waals surface area contributed by atoms with Crippen molar-refractivity contribution in [3.63, 3.8) is 0 Å². The highest BCUT2D eigenvalue weighted by Crippen LogP contribution is 2.24. The Kier molecular flexibility index (Phi) is 5.83. The second-order valence-electron chi connectivity index (χ2n) is 6.33. The van der Waals surface area contributed by atoms with E-state index < -0.39 is 11.6 Å². The maximum atomic E-state index is 14.2. The molecule has 0 aliphatic heterocycles. The van der Waals surface area contributed by atoms with E-state index >= 15 is 0 Å². The van der Waals surface area contributed by atoms with Gasteiger partial charge in [0.1, 0.15) is 11.5 Å². The highest BCUT2D eigenvalue weighted by Gasteiger charge is 2.11. The summed E-state index contributed by atoms with van der Waals surface area (Å²) >= 11 is 7.31. The van der Waals surface area contributed by atoms with Gasteiger partial charge in [-0.3, -0.25) is 4.98 Å². The van der Waals surface area contributed by atoms with Crippen molar-refractivity contribution in [3.05, 3.63) is 99.4 Å². The van der Waals surface area contributed by atoms with Crippen LogP contribution in [-0.4, -0.2) is 15.4 Å². The molecule has 4 nitrogen and oxygen atoms in total. The number of aromatic nitrogens is 2. The number of hydrogen-bond acceptors (Lipinski definition) is 4. The van der Waals surface area contributed by atoms with Crippen molar-refractivity contribution in [2.75, 3.05) is 0 Å². The molecule has 0 bridgehead atoms. The quantitative estimate of drug-likeness (QED) is 0.356. The molecule has 0 amide bonds. The molecule has 0 radical (unpaired) electrons. The summed E-state index contributed by atoms with van der Waals surface area (Å²) in [5.74, 6) is -1.40. The molecule has 0 fully saturated rings. The van der Waals surface area contributed by atoms with E-state index in [0.29, 0.717) is 21.2 Å². The molecule has 0 spiro atoms. The molecule has 4 aromatic rings. The molecule has 8 heteroatoms. The fourth-order valence-corrected chi connectivity index (χ4v) is 3.71. The third kappa shape index (κ3) is 4.37. The van der Waals surface area contributed by atoms with Gasteiger partial charge in [0.05, 0.1) is 17.1 Å². The third-order valence-corrected chi connectivity index (χ3v) is 5.30. The van der Waals surface area contributed by atoms with E-state index in [1.54, 1.807) is 23.0 Å². The molecular weight excluding hydrogens is 426 g/mol. The molecule has 0 N–H and O–H groups in total. The minimum Gasteiger partial charge on any atom is -0.255 e. The number of benzene rings is 2. The average Bonchev–Trinajstić information content (AvgIpc) is 3.13. The van der Waals surface area contributed by atoms with Crippen LogP contribution in [0.1, 0.15) is 12.6 Å². The first kappa shape index (κ1) is 20.1. The monoisotopic (exact) mass is 440 g/mol. The number of nitrogens with zero attached hydrogens (tertiary/aromatic N) is 4. The highest BCUT2D eigenvalue weighted by molar-refractivity contribution is 7.07. The lowest BCUT2D eigenvalue weighted by Gasteiger charge is -2.06. The number of rotatable bonds is 4. The average molecular weight is 441 g/mol. The van der Waals surface area contributed by atoms with Crippen LogP contribution in [0.5, 0.6) is 0 Å². The molecule has 0 aliphatic rings. The van der Waals surface area contributed by atoms with Gasteiger partial charge in [-0.2, -0.15) is 5.10 Å². The van der Waals surface area contributed by atoms with Crippen LogP contribution in [-0.2, 0) is 0 Å². The van der Waals surface area contributed by atoms with E-state index in [1.807, 2.05) is 42.6 Å². The number of thiazole rings is 1. The SMILES string of the molecule is CC(=Nn1c(-c2ccc(Cl)cc2)csc1=Nc1ccc(F)cc1F)c1ccccn1. The zero-order valence-corrected chi connectivity index (χ0v) is 17.3. The Morgan fingerprint density at radius 3 is 2.57 bits per heavy atom. The first-order valence-corrected chi connectivity index (χ1v) is 10.2. The standard InChI is InChI=1S/C22H15ClF2N4S/c1-14(19-4-2-3-11-26-19)28-29-21(15-5-7-16(23)8-6-15)13-30-22(29)27-20-10-9-17(24)12-18(20)25/h2-13H,1H3. The van der Waals surface area contributed by atoms with Crippen LogP contribution in [0.15, 0.2) is 82.3 Å². The molecule has 150 valence electrons. The molecule has 0 atom stereocenters. The molecule has 2 aromatic carbocycles. The van der Waals surface area contributed by atoms with Gasteiger partial charge in [-0.1, -0.05) is 29.8 Å². The molecule has 4 rings (SSSR count). The van der Waals surface area contributed by atoms with Crippen molar-refractivity contribution in [2.45, 2.75) is 6.92 Å². The van der Waals surface area contributed by atoms with Crippen molar-refractivity contribution in [3.8, 4) is 11.3 Å². The van der Waals surface area contributed by atoms with Crippen molar-refractivity contribution in [1.82, 2.24) is 9.66 Å². The molecular formula is C22H15ClF2N4S. The van der Waals surface area contributed by atoms with Crippen LogP contribution >= 0.6 is 22.9 Å². The van der Waals surface area contributed by atoms with E-state index in [1.165, 1.54) is 23.5 Å². The largest absolute Gasteiger partial charge is 0.255 e. The molecule has 0 saturated carbocycles. The maximum absolute atomic E-state index is 14.2. The fraction of sp³-hybridized carbons (Fsp3) is 0.0455. The smallest absolute Gasteiger partial charge is 0.211 e. The van der Waals surface area contributed by atoms with Gasteiger partial charge in [0.2, 0.25) is 4.80 Å². The van der Waals surface area contributed by atoms with Crippen molar-refractivity contribution >= 4 is 34.3 Å². The number of halogens is 3. The summed E-state index contributed by atoms with van der Waals surface area (Å²) in [5.41, 5.74) is 3.02. The third-order valence-electron chi connectivity index (χ3n) is 4.24. The van der Waals surface area contributed by atoms with E-state index in [0.717, 1.165) is 17.3 Å². The second-order valence-corrected chi connectivity index (χ2v) is 7.60. The van der Waals surface area contributed by atoms with Gasteiger partial charge in [-0.05, 0) is 43.3 Å². The lowest BCUT2D eigenvalue weighted by molar-refractivity contribution is 0.584. The van der Waals surface area contributed by atoms with Crippen LogP contribution in [0.25, 0.3) is 11.3 Å². The zero-order valence-electron chi connectivity index (χ0n) is 15.8. The van der Waals surface area contributed by atoms with Gasteiger partial charge < -0.3 is 0 Å². The lowest BCUT2D eigenvalue weighted by Crippen LogP contribution is -2.14.